The highest BCUT2D eigenvalue weighted by molar-refractivity contribution is 9.10. The average Bonchev–Trinajstić information content (AvgIpc) is 2.39. The van der Waals surface area contributed by atoms with Crippen LogP contribution in [-0.2, 0) is 0 Å². The Bertz CT molecular complexity index is 463. The summed E-state index contributed by atoms with van der Waals surface area (Å²) in [7, 11) is 1.97. The zero-order chi connectivity index (χ0) is 13.1. The smallest absolute Gasteiger partial charge is 0.225 e. The van der Waals surface area contributed by atoms with E-state index in [-0.39, 0.29) is 6.04 Å². The maximum absolute atomic E-state index is 5.89. The van der Waals surface area contributed by atoms with E-state index in [0.717, 1.165) is 9.50 Å². The molecule has 1 unspecified atom stereocenters. The van der Waals surface area contributed by atoms with Gasteiger partial charge in [0.15, 0.2) is 0 Å². The fourth-order valence-corrected chi connectivity index (χ4v) is 1.96. The number of halogens is 2. The molecule has 0 aliphatic rings. The highest BCUT2D eigenvalue weighted by atomic mass is 79.9. The number of anilines is 1. The number of rotatable bonds is 3. The van der Waals surface area contributed by atoms with Crippen LogP contribution in [-0.4, -0.2) is 17.0 Å². The molecule has 1 aromatic heterocycles. The minimum atomic E-state index is 0.184. The van der Waals surface area contributed by atoms with Crippen molar-refractivity contribution < 1.29 is 0 Å². The Morgan fingerprint density at radius 1 is 1.17 bits per heavy atom. The zero-order valence-corrected chi connectivity index (χ0v) is 12.5. The fourth-order valence-electron chi connectivity index (χ4n) is 1.63. The van der Waals surface area contributed by atoms with Crippen LogP contribution in [0.3, 0.4) is 0 Å². The Hall–Kier alpha value is -1.13. The molecular formula is C13H13BrClN3. The molecule has 94 valence electrons. The van der Waals surface area contributed by atoms with E-state index in [2.05, 4.69) is 32.8 Å². The molecule has 0 aliphatic carbocycles. The summed E-state index contributed by atoms with van der Waals surface area (Å²) in [5.74, 6) is 0.695. The lowest BCUT2D eigenvalue weighted by Gasteiger charge is -2.25. The first kappa shape index (κ1) is 13.3. The van der Waals surface area contributed by atoms with Crippen LogP contribution < -0.4 is 4.90 Å². The molecule has 5 heteroatoms. The van der Waals surface area contributed by atoms with Gasteiger partial charge >= 0.3 is 0 Å². The van der Waals surface area contributed by atoms with Gasteiger partial charge in [0, 0.05) is 24.5 Å². The van der Waals surface area contributed by atoms with Crippen molar-refractivity contribution >= 4 is 33.5 Å². The Morgan fingerprint density at radius 2 is 1.72 bits per heavy atom. The van der Waals surface area contributed by atoms with Crippen molar-refractivity contribution in [1.29, 1.82) is 0 Å². The van der Waals surface area contributed by atoms with Crippen molar-refractivity contribution in [2.45, 2.75) is 13.0 Å². The summed E-state index contributed by atoms with van der Waals surface area (Å²) in [6.45, 7) is 2.11. The third-order valence-corrected chi connectivity index (χ3v) is 3.52. The topological polar surface area (TPSA) is 29.0 Å². The molecule has 0 spiro atoms. The van der Waals surface area contributed by atoms with E-state index in [9.17, 15) is 0 Å². The van der Waals surface area contributed by atoms with E-state index in [0.29, 0.717) is 5.95 Å². The largest absolute Gasteiger partial charge is 0.337 e. The molecule has 1 heterocycles. The van der Waals surface area contributed by atoms with Gasteiger partial charge in [-0.1, -0.05) is 23.7 Å². The van der Waals surface area contributed by atoms with Crippen molar-refractivity contribution in [3.05, 3.63) is 51.7 Å². The van der Waals surface area contributed by atoms with E-state index in [4.69, 9.17) is 11.6 Å². The standard InChI is InChI=1S/C13H13BrClN3/c1-9(10-3-5-12(15)6-4-10)18(2)13-16-7-11(14)8-17-13/h3-9H,1-2H3. The van der Waals surface area contributed by atoms with Crippen molar-refractivity contribution in [2.75, 3.05) is 11.9 Å². The molecule has 2 aromatic rings. The first-order valence-electron chi connectivity index (χ1n) is 5.54. The van der Waals surface area contributed by atoms with Gasteiger partial charge in [-0.3, -0.25) is 0 Å². The third-order valence-electron chi connectivity index (χ3n) is 2.86. The Morgan fingerprint density at radius 3 is 2.28 bits per heavy atom. The highest BCUT2D eigenvalue weighted by Crippen LogP contribution is 2.23. The molecule has 18 heavy (non-hydrogen) atoms. The molecule has 0 fully saturated rings. The summed E-state index contributed by atoms with van der Waals surface area (Å²) >= 11 is 9.21. The monoisotopic (exact) mass is 325 g/mol. The Balaban J connectivity index is 2.20. The molecule has 0 bridgehead atoms. The lowest BCUT2D eigenvalue weighted by molar-refractivity contribution is 0.714. The van der Waals surface area contributed by atoms with Crippen LogP contribution >= 0.6 is 27.5 Å². The van der Waals surface area contributed by atoms with E-state index >= 15 is 0 Å². The van der Waals surface area contributed by atoms with Crippen molar-refractivity contribution in [2.24, 2.45) is 0 Å². The van der Waals surface area contributed by atoms with Gasteiger partial charge in [-0.25, -0.2) is 9.97 Å². The number of hydrogen-bond acceptors (Lipinski definition) is 3. The van der Waals surface area contributed by atoms with Gasteiger partial charge in [-0.05, 0) is 40.5 Å². The lowest BCUT2D eigenvalue weighted by atomic mass is 10.1. The van der Waals surface area contributed by atoms with Gasteiger partial charge in [0.2, 0.25) is 5.95 Å². The molecule has 0 radical (unpaired) electrons. The number of benzene rings is 1. The van der Waals surface area contributed by atoms with Gasteiger partial charge in [-0.15, -0.1) is 0 Å². The van der Waals surface area contributed by atoms with Crippen molar-refractivity contribution in [3.63, 3.8) is 0 Å². The molecule has 3 nitrogen and oxygen atoms in total. The lowest BCUT2D eigenvalue weighted by Crippen LogP contribution is -2.23. The second-order valence-corrected chi connectivity index (χ2v) is 5.39. The molecule has 0 N–H and O–H groups in total. The van der Waals surface area contributed by atoms with Gasteiger partial charge < -0.3 is 4.90 Å². The van der Waals surface area contributed by atoms with Gasteiger partial charge in [-0.2, -0.15) is 0 Å². The predicted octanol–water partition coefficient (Wildman–Crippen LogP) is 4.09. The van der Waals surface area contributed by atoms with Gasteiger partial charge in [0.1, 0.15) is 0 Å². The van der Waals surface area contributed by atoms with Gasteiger partial charge in [0.05, 0.1) is 10.5 Å². The Kier molecular flexibility index (Phi) is 4.19. The molecule has 2 rings (SSSR count). The van der Waals surface area contributed by atoms with Crippen molar-refractivity contribution in [1.82, 2.24) is 9.97 Å². The maximum atomic E-state index is 5.89. The number of nitrogens with zero attached hydrogens (tertiary/aromatic N) is 3. The molecule has 1 atom stereocenters. The van der Waals surface area contributed by atoms with Crippen LogP contribution in [0.2, 0.25) is 5.02 Å². The SMILES string of the molecule is CC(c1ccc(Cl)cc1)N(C)c1ncc(Br)cn1. The molecule has 0 saturated heterocycles. The number of aromatic nitrogens is 2. The quantitative estimate of drug-likeness (QED) is 0.850. The summed E-state index contributed by atoms with van der Waals surface area (Å²) in [5, 5.41) is 0.744. The second kappa shape index (κ2) is 5.67. The fraction of sp³-hybridized carbons (Fsp3) is 0.231. The summed E-state index contributed by atoms with van der Waals surface area (Å²) in [4.78, 5) is 10.6. The van der Waals surface area contributed by atoms with Crippen LogP contribution in [0, 0.1) is 0 Å². The summed E-state index contributed by atoms with van der Waals surface area (Å²) in [6, 6.07) is 8.00. The number of hydrogen-bond donors (Lipinski definition) is 0. The maximum Gasteiger partial charge on any atom is 0.225 e. The minimum Gasteiger partial charge on any atom is -0.337 e. The van der Waals surface area contributed by atoms with E-state index in [1.165, 1.54) is 5.56 Å². The summed E-state index contributed by atoms with van der Waals surface area (Å²) < 4.78 is 0.874. The summed E-state index contributed by atoms with van der Waals surface area (Å²) in [6.07, 6.45) is 3.49. The van der Waals surface area contributed by atoms with Crippen LogP contribution in [0.1, 0.15) is 18.5 Å². The summed E-state index contributed by atoms with van der Waals surface area (Å²) in [5.41, 5.74) is 1.17. The normalized spacial score (nSPS) is 12.2. The molecule has 0 amide bonds. The predicted molar refractivity (Wildman–Crippen MR) is 78.0 cm³/mol. The first-order valence-corrected chi connectivity index (χ1v) is 6.71. The average molecular weight is 327 g/mol. The zero-order valence-electron chi connectivity index (χ0n) is 10.1. The second-order valence-electron chi connectivity index (χ2n) is 4.04. The minimum absolute atomic E-state index is 0.184. The Labute approximate surface area is 120 Å². The molecule has 0 aliphatic heterocycles. The van der Waals surface area contributed by atoms with Gasteiger partial charge in [0.25, 0.3) is 0 Å². The van der Waals surface area contributed by atoms with Crippen LogP contribution in [0.5, 0.6) is 0 Å². The van der Waals surface area contributed by atoms with Crippen LogP contribution in [0.25, 0.3) is 0 Å². The van der Waals surface area contributed by atoms with Crippen molar-refractivity contribution in [3.8, 4) is 0 Å². The molecule has 0 saturated carbocycles. The van der Waals surface area contributed by atoms with Crippen LogP contribution in [0.15, 0.2) is 41.1 Å². The molecule has 1 aromatic carbocycles. The van der Waals surface area contributed by atoms with E-state index < -0.39 is 0 Å². The molecular weight excluding hydrogens is 314 g/mol. The van der Waals surface area contributed by atoms with E-state index in [1.807, 2.05) is 36.2 Å². The van der Waals surface area contributed by atoms with E-state index in [1.54, 1.807) is 12.4 Å². The third kappa shape index (κ3) is 3.00. The highest BCUT2D eigenvalue weighted by Gasteiger charge is 2.14. The first-order chi connectivity index (χ1) is 8.58. The van der Waals surface area contributed by atoms with Crippen LogP contribution in [0.4, 0.5) is 5.95 Å².